The zero-order valence-electron chi connectivity index (χ0n) is 12.3. The Morgan fingerprint density at radius 3 is 2.62 bits per heavy atom. The van der Waals surface area contributed by atoms with Gasteiger partial charge >= 0.3 is 12.0 Å². The average Bonchev–Trinajstić information content (AvgIpc) is 2.49. The highest BCUT2D eigenvalue weighted by atomic mass is 16.5. The van der Waals surface area contributed by atoms with Gasteiger partial charge in [0.25, 0.3) is 0 Å². The lowest BCUT2D eigenvalue weighted by Crippen LogP contribution is -2.43. The van der Waals surface area contributed by atoms with Gasteiger partial charge in [-0.05, 0) is 31.4 Å². The van der Waals surface area contributed by atoms with Crippen molar-refractivity contribution < 1.29 is 19.4 Å². The molecule has 0 spiro atoms. The summed E-state index contributed by atoms with van der Waals surface area (Å²) >= 11 is 0. The first-order valence-corrected chi connectivity index (χ1v) is 6.95. The number of ether oxygens (including phenoxy) is 1. The third kappa shape index (κ3) is 3.52. The number of nitrogens with zero attached hydrogens (tertiary/aromatic N) is 1. The highest BCUT2D eigenvalue weighted by Crippen LogP contribution is 2.22. The molecular weight excluding hydrogens is 272 g/mol. The van der Waals surface area contributed by atoms with Gasteiger partial charge in [0.2, 0.25) is 0 Å². The third-order valence-corrected chi connectivity index (χ3v) is 3.79. The lowest BCUT2D eigenvalue weighted by atomic mass is 10.1. The Kier molecular flexibility index (Phi) is 4.80. The number of amides is 2. The van der Waals surface area contributed by atoms with E-state index in [1.165, 1.54) is 6.07 Å². The topological polar surface area (TPSA) is 78.9 Å². The van der Waals surface area contributed by atoms with Gasteiger partial charge in [-0.25, -0.2) is 9.59 Å². The number of hydrogen-bond acceptors (Lipinski definition) is 3. The molecule has 1 fully saturated rings. The van der Waals surface area contributed by atoms with Crippen LogP contribution in [-0.4, -0.2) is 48.3 Å². The molecule has 0 unspecified atom stereocenters. The molecule has 2 N–H and O–H groups in total. The van der Waals surface area contributed by atoms with E-state index in [9.17, 15) is 14.7 Å². The minimum absolute atomic E-state index is 0.101. The second-order valence-electron chi connectivity index (χ2n) is 5.19. The van der Waals surface area contributed by atoms with Gasteiger partial charge in [0, 0.05) is 26.3 Å². The van der Waals surface area contributed by atoms with Gasteiger partial charge in [-0.1, -0.05) is 12.1 Å². The Morgan fingerprint density at radius 2 is 2.00 bits per heavy atom. The molecule has 1 saturated heterocycles. The molecule has 0 aliphatic carbocycles. The van der Waals surface area contributed by atoms with E-state index in [1.54, 1.807) is 31.0 Å². The van der Waals surface area contributed by atoms with E-state index in [-0.39, 0.29) is 17.6 Å². The molecule has 1 aliphatic heterocycles. The molecule has 21 heavy (non-hydrogen) atoms. The van der Waals surface area contributed by atoms with Crippen LogP contribution in [0, 0.1) is 6.92 Å². The predicted octanol–water partition coefficient (Wildman–Crippen LogP) is 2.34. The maximum atomic E-state index is 12.3. The minimum atomic E-state index is -1.05. The molecule has 114 valence electrons. The molecule has 0 radical (unpaired) electrons. The summed E-state index contributed by atoms with van der Waals surface area (Å²) < 4.78 is 5.28. The number of carboxylic acids is 1. The van der Waals surface area contributed by atoms with E-state index in [4.69, 9.17) is 4.74 Å². The monoisotopic (exact) mass is 292 g/mol. The van der Waals surface area contributed by atoms with E-state index in [0.717, 1.165) is 18.4 Å². The van der Waals surface area contributed by atoms with Crippen LogP contribution in [0.25, 0.3) is 0 Å². The number of nitrogens with one attached hydrogen (secondary N) is 1. The number of aromatic carboxylic acids is 1. The second kappa shape index (κ2) is 6.58. The number of urea groups is 1. The zero-order valence-corrected chi connectivity index (χ0v) is 12.3. The van der Waals surface area contributed by atoms with E-state index >= 15 is 0 Å². The highest BCUT2D eigenvalue weighted by Gasteiger charge is 2.24. The Labute approximate surface area is 123 Å². The average molecular weight is 292 g/mol. The quantitative estimate of drug-likeness (QED) is 0.896. The van der Waals surface area contributed by atoms with Crippen molar-refractivity contribution in [2.45, 2.75) is 25.8 Å². The molecule has 1 aromatic rings. The van der Waals surface area contributed by atoms with Crippen LogP contribution in [0.3, 0.4) is 0 Å². The summed E-state index contributed by atoms with van der Waals surface area (Å²) in [4.78, 5) is 25.2. The summed E-state index contributed by atoms with van der Waals surface area (Å²) in [6.45, 7) is 3.07. The molecule has 6 heteroatoms. The van der Waals surface area contributed by atoms with Crippen molar-refractivity contribution in [3.8, 4) is 0 Å². The number of anilines is 1. The van der Waals surface area contributed by atoms with Crippen LogP contribution in [0.1, 0.15) is 28.8 Å². The van der Waals surface area contributed by atoms with Crippen LogP contribution in [0.2, 0.25) is 0 Å². The van der Waals surface area contributed by atoms with E-state index in [0.29, 0.717) is 18.9 Å². The number of carboxylic acid groups (broad SMARTS) is 1. The van der Waals surface area contributed by atoms with Crippen molar-refractivity contribution in [2.75, 3.05) is 25.6 Å². The summed E-state index contributed by atoms with van der Waals surface area (Å²) in [5, 5.41) is 11.9. The van der Waals surface area contributed by atoms with Crippen molar-refractivity contribution in [3.05, 3.63) is 29.3 Å². The molecule has 0 saturated carbocycles. The van der Waals surface area contributed by atoms with Crippen molar-refractivity contribution in [1.29, 1.82) is 0 Å². The SMILES string of the molecule is Cc1cccc(C(=O)O)c1NC(=O)N(C)C1CCOCC1. The first-order valence-electron chi connectivity index (χ1n) is 6.95. The molecule has 0 atom stereocenters. The second-order valence-corrected chi connectivity index (χ2v) is 5.19. The fourth-order valence-electron chi connectivity index (χ4n) is 2.45. The number of hydrogen-bond donors (Lipinski definition) is 2. The summed E-state index contributed by atoms with van der Waals surface area (Å²) in [5.41, 5.74) is 1.18. The molecule has 1 aliphatic rings. The van der Waals surface area contributed by atoms with Crippen LogP contribution in [0.5, 0.6) is 0 Å². The number of para-hydroxylation sites is 1. The number of carbonyl (C=O) groups is 2. The maximum absolute atomic E-state index is 12.3. The summed E-state index contributed by atoms with van der Waals surface area (Å²) in [6.07, 6.45) is 1.59. The Bertz CT molecular complexity index is 538. The van der Waals surface area contributed by atoms with Crippen LogP contribution < -0.4 is 5.32 Å². The van der Waals surface area contributed by atoms with Gasteiger partial charge in [-0.3, -0.25) is 0 Å². The van der Waals surface area contributed by atoms with Gasteiger partial charge in [-0.2, -0.15) is 0 Å². The largest absolute Gasteiger partial charge is 0.478 e. The molecular formula is C15H20N2O4. The minimum Gasteiger partial charge on any atom is -0.478 e. The van der Waals surface area contributed by atoms with Crippen LogP contribution in [-0.2, 0) is 4.74 Å². The molecule has 1 heterocycles. The van der Waals surface area contributed by atoms with Crippen LogP contribution in [0.15, 0.2) is 18.2 Å². The third-order valence-electron chi connectivity index (χ3n) is 3.79. The van der Waals surface area contributed by atoms with Crippen molar-refractivity contribution >= 4 is 17.7 Å². The van der Waals surface area contributed by atoms with E-state index in [2.05, 4.69) is 5.32 Å². The highest BCUT2D eigenvalue weighted by molar-refractivity contribution is 6.01. The van der Waals surface area contributed by atoms with Crippen molar-refractivity contribution in [2.24, 2.45) is 0 Å². The standard InChI is InChI=1S/C15H20N2O4/c1-10-4-3-5-12(14(18)19)13(10)16-15(20)17(2)11-6-8-21-9-7-11/h3-5,11H,6-9H2,1-2H3,(H,16,20)(H,18,19). The number of carbonyl (C=O) groups excluding carboxylic acids is 1. The molecule has 1 aromatic carbocycles. The first-order chi connectivity index (χ1) is 10.0. The van der Waals surface area contributed by atoms with Crippen LogP contribution in [0.4, 0.5) is 10.5 Å². The van der Waals surface area contributed by atoms with Gasteiger partial charge in [0.1, 0.15) is 0 Å². The van der Waals surface area contributed by atoms with Gasteiger partial charge in [0.15, 0.2) is 0 Å². The lowest BCUT2D eigenvalue weighted by Gasteiger charge is -2.31. The van der Waals surface area contributed by atoms with Gasteiger partial charge in [-0.15, -0.1) is 0 Å². The van der Waals surface area contributed by atoms with E-state index in [1.807, 2.05) is 0 Å². The van der Waals surface area contributed by atoms with E-state index < -0.39 is 5.97 Å². The van der Waals surface area contributed by atoms with Gasteiger partial charge in [0.05, 0.1) is 11.3 Å². The molecule has 0 bridgehead atoms. The summed E-state index contributed by atoms with van der Waals surface area (Å²) in [5.74, 6) is -1.05. The molecule has 2 rings (SSSR count). The number of aryl methyl sites for hydroxylation is 1. The maximum Gasteiger partial charge on any atom is 0.337 e. The predicted molar refractivity (Wildman–Crippen MR) is 78.8 cm³/mol. The summed E-state index contributed by atoms with van der Waals surface area (Å²) in [6, 6.07) is 4.75. The van der Waals surface area contributed by atoms with Crippen LogP contribution >= 0.6 is 0 Å². The molecule has 2 amide bonds. The smallest absolute Gasteiger partial charge is 0.337 e. The Balaban J connectivity index is 2.13. The lowest BCUT2D eigenvalue weighted by molar-refractivity contribution is 0.0544. The Morgan fingerprint density at radius 1 is 1.33 bits per heavy atom. The van der Waals surface area contributed by atoms with Crippen molar-refractivity contribution in [1.82, 2.24) is 4.90 Å². The zero-order chi connectivity index (χ0) is 15.4. The first kappa shape index (κ1) is 15.3. The molecule has 0 aromatic heterocycles. The fraction of sp³-hybridized carbons (Fsp3) is 0.467. The fourth-order valence-corrected chi connectivity index (χ4v) is 2.45. The number of benzene rings is 1. The number of rotatable bonds is 3. The summed E-state index contributed by atoms with van der Waals surface area (Å²) in [7, 11) is 1.73. The molecule has 6 nitrogen and oxygen atoms in total. The Hall–Kier alpha value is -2.08. The van der Waals surface area contributed by atoms with Crippen molar-refractivity contribution in [3.63, 3.8) is 0 Å². The normalized spacial score (nSPS) is 15.5. The van der Waals surface area contributed by atoms with Gasteiger partial charge < -0.3 is 20.1 Å².